The van der Waals surface area contributed by atoms with Crippen LogP contribution in [0.5, 0.6) is 11.5 Å². The lowest BCUT2D eigenvalue weighted by Crippen LogP contribution is -2.40. The first-order valence-corrected chi connectivity index (χ1v) is 10.7. The second-order valence-electron chi connectivity index (χ2n) is 7.94. The molecule has 2 amide bonds. The maximum absolute atomic E-state index is 13.3. The van der Waals surface area contributed by atoms with E-state index in [1.807, 2.05) is 19.0 Å². The van der Waals surface area contributed by atoms with Crippen molar-refractivity contribution < 1.29 is 28.2 Å². The molecule has 0 atom stereocenters. The van der Waals surface area contributed by atoms with Crippen molar-refractivity contribution in [1.29, 1.82) is 0 Å². The van der Waals surface area contributed by atoms with Crippen LogP contribution < -0.4 is 19.7 Å². The molecule has 9 heteroatoms. The molecule has 8 nitrogen and oxygen atoms in total. The molecule has 0 saturated carbocycles. The molecule has 33 heavy (non-hydrogen) atoms. The summed E-state index contributed by atoms with van der Waals surface area (Å²) in [4.78, 5) is 40.6. The van der Waals surface area contributed by atoms with E-state index >= 15 is 0 Å². The fourth-order valence-corrected chi connectivity index (χ4v) is 3.31. The molecule has 0 fully saturated rings. The largest absolute Gasteiger partial charge is 0.485 e. The Kier molecular flexibility index (Phi) is 8.37. The van der Waals surface area contributed by atoms with Gasteiger partial charge < -0.3 is 24.6 Å². The molecular weight excluding hydrogens is 429 g/mol. The minimum atomic E-state index is -0.452. The van der Waals surface area contributed by atoms with Crippen LogP contribution >= 0.6 is 0 Å². The summed E-state index contributed by atoms with van der Waals surface area (Å²) in [7, 11) is 3.86. The number of carbonyl (C=O) groups is 3. The van der Waals surface area contributed by atoms with Gasteiger partial charge in [0.1, 0.15) is 17.3 Å². The smallest absolute Gasteiger partial charge is 0.265 e. The van der Waals surface area contributed by atoms with Crippen molar-refractivity contribution in [3.05, 3.63) is 53.8 Å². The maximum atomic E-state index is 13.3. The maximum Gasteiger partial charge on any atom is 0.265 e. The van der Waals surface area contributed by atoms with E-state index < -0.39 is 5.82 Å². The van der Waals surface area contributed by atoms with Crippen molar-refractivity contribution in [1.82, 2.24) is 10.2 Å². The molecule has 176 valence electrons. The highest BCUT2D eigenvalue weighted by molar-refractivity contribution is 6.02. The Balaban J connectivity index is 1.60. The second kappa shape index (κ2) is 11.4. The van der Waals surface area contributed by atoms with E-state index in [4.69, 9.17) is 9.47 Å². The van der Waals surface area contributed by atoms with E-state index in [0.29, 0.717) is 36.5 Å². The summed E-state index contributed by atoms with van der Waals surface area (Å²) >= 11 is 0. The first-order valence-electron chi connectivity index (χ1n) is 10.7. The second-order valence-corrected chi connectivity index (χ2v) is 7.94. The van der Waals surface area contributed by atoms with Gasteiger partial charge in [0, 0.05) is 37.7 Å². The van der Waals surface area contributed by atoms with Crippen LogP contribution in [-0.4, -0.2) is 69.4 Å². The quantitative estimate of drug-likeness (QED) is 0.521. The fourth-order valence-electron chi connectivity index (χ4n) is 3.31. The minimum absolute atomic E-state index is 0.0730. The van der Waals surface area contributed by atoms with E-state index in [-0.39, 0.29) is 43.0 Å². The molecule has 0 unspecified atom stereocenters. The number of fused-ring (bicyclic) bond motifs is 1. The molecule has 0 spiro atoms. The summed E-state index contributed by atoms with van der Waals surface area (Å²) in [6.07, 6.45) is 0.757. The van der Waals surface area contributed by atoms with Gasteiger partial charge >= 0.3 is 0 Å². The Labute approximate surface area is 192 Å². The van der Waals surface area contributed by atoms with Gasteiger partial charge in [-0.05, 0) is 50.8 Å². The number of amides is 2. The van der Waals surface area contributed by atoms with Crippen LogP contribution in [0, 0.1) is 5.82 Å². The number of rotatable bonds is 11. The predicted octanol–water partition coefficient (Wildman–Crippen LogP) is 2.27. The average molecular weight is 458 g/mol. The van der Waals surface area contributed by atoms with Crippen LogP contribution in [-0.2, 0) is 9.59 Å². The molecule has 0 radical (unpaired) electrons. The van der Waals surface area contributed by atoms with Gasteiger partial charge in [-0.3, -0.25) is 14.4 Å². The van der Waals surface area contributed by atoms with Gasteiger partial charge in [-0.15, -0.1) is 0 Å². The van der Waals surface area contributed by atoms with E-state index in [1.54, 1.807) is 24.3 Å². The van der Waals surface area contributed by atoms with Crippen LogP contribution in [0.2, 0.25) is 0 Å². The van der Waals surface area contributed by atoms with Gasteiger partial charge in [0.2, 0.25) is 5.91 Å². The monoisotopic (exact) mass is 457 g/mol. The zero-order valence-electron chi connectivity index (χ0n) is 18.8. The molecule has 1 aliphatic rings. The lowest BCUT2D eigenvalue weighted by atomic mass is 10.1. The number of likely N-dealkylation sites (N-methyl/N-ethyl adjacent to an activating group) is 1. The Morgan fingerprint density at radius 3 is 2.79 bits per heavy atom. The van der Waals surface area contributed by atoms with Crippen molar-refractivity contribution in [2.75, 3.05) is 51.8 Å². The van der Waals surface area contributed by atoms with Gasteiger partial charge in [-0.2, -0.15) is 0 Å². The average Bonchev–Trinajstić information content (AvgIpc) is 2.78. The van der Waals surface area contributed by atoms with Crippen LogP contribution in [0.3, 0.4) is 0 Å². The summed E-state index contributed by atoms with van der Waals surface area (Å²) in [6, 6.07) is 10.4. The molecule has 3 rings (SSSR count). The van der Waals surface area contributed by atoms with Crippen molar-refractivity contribution in [3.63, 3.8) is 0 Å². The van der Waals surface area contributed by atoms with Crippen LogP contribution in [0.1, 0.15) is 23.2 Å². The number of benzene rings is 2. The molecule has 1 N–H and O–H groups in total. The first kappa shape index (κ1) is 24.2. The molecule has 0 bridgehead atoms. The predicted molar refractivity (Wildman–Crippen MR) is 121 cm³/mol. The van der Waals surface area contributed by atoms with Gasteiger partial charge in [-0.1, -0.05) is 6.07 Å². The van der Waals surface area contributed by atoms with Crippen molar-refractivity contribution in [2.24, 2.45) is 0 Å². The third kappa shape index (κ3) is 7.01. The Morgan fingerprint density at radius 1 is 1.21 bits per heavy atom. The molecular formula is C24H28FN3O5. The molecule has 2 aromatic rings. The summed E-state index contributed by atoms with van der Waals surface area (Å²) in [5.41, 5.74) is 0.825. The molecule has 0 saturated heterocycles. The van der Waals surface area contributed by atoms with E-state index in [9.17, 15) is 18.8 Å². The minimum Gasteiger partial charge on any atom is -0.485 e. The summed E-state index contributed by atoms with van der Waals surface area (Å²) in [5, 5.41) is 2.85. The standard InChI is InChI=1S/C24H28FN3O5/c1-27(2)12-10-26-23(30)7-4-11-28-20-13-17(8-9-22(20)33-16-24(28)31)21(29)15-32-19-6-3-5-18(25)14-19/h3,5-6,8-9,13-14H,4,7,10-12,15-16H2,1-2H3,(H,26,30). The molecule has 1 heterocycles. The first-order chi connectivity index (χ1) is 15.8. The Morgan fingerprint density at radius 2 is 2.03 bits per heavy atom. The number of ketones is 1. The summed E-state index contributed by atoms with van der Waals surface area (Å²) in [5.74, 6) is -0.336. The normalized spacial score (nSPS) is 12.8. The number of halogens is 1. The Hall–Kier alpha value is -3.46. The number of nitrogens with zero attached hydrogens (tertiary/aromatic N) is 2. The lowest BCUT2D eigenvalue weighted by Gasteiger charge is -2.29. The van der Waals surface area contributed by atoms with Crippen LogP contribution in [0.15, 0.2) is 42.5 Å². The number of hydrogen-bond donors (Lipinski definition) is 1. The zero-order chi connectivity index (χ0) is 23.8. The highest BCUT2D eigenvalue weighted by Crippen LogP contribution is 2.33. The number of ether oxygens (including phenoxy) is 2. The molecule has 0 aliphatic carbocycles. The van der Waals surface area contributed by atoms with Gasteiger partial charge in [0.25, 0.3) is 5.91 Å². The highest BCUT2D eigenvalue weighted by atomic mass is 19.1. The summed E-state index contributed by atoms with van der Waals surface area (Å²) in [6.45, 7) is 1.27. The number of Topliss-reactive ketones (excluding diaryl/α,β-unsaturated/α-hetero) is 1. The van der Waals surface area contributed by atoms with Crippen LogP contribution in [0.25, 0.3) is 0 Å². The van der Waals surface area contributed by atoms with E-state index in [0.717, 1.165) is 6.54 Å². The number of carbonyl (C=O) groups excluding carboxylic acids is 3. The van der Waals surface area contributed by atoms with E-state index in [2.05, 4.69) is 5.32 Å². The van der Waals surface area contributed by atoms with Gasteiger partial charge in [0.15, 0.2) is 19.0 Å². The van der Waals surface area contributed by atoms with E-state index in [1.165, 1.54) is 23.1 Å². The molecule has 0 aromatic heterocycles. The third-order valence-corrected chi connectivity index (χ3v) is 5.06. The lowest BCUT2D eigenvalue weighted by molar-refractivity contribution is -0.122. The topological polar surface area (TPSA) is 88.2 Å². The van der Waals surface area contributed by atoms with Crippen molar-refractivity contribution in [2.45, 2.75) is 12.8 Å². The Bertz CT molecular complexity index is 1010. The highest BCUT2D eigenvalue weighted by Gasteiger charge is 2.26. The molecule has 2 aromatic carbocycles. The third-order valence-electron chi connectivity index (χ3n) is 5.06. The number of anilines is 1. The van der Waals surface area contributed by atoms with Crippen LogP contribution in [0.4, 0.5) is 10.1 Å². The van der Waals surface area contributed by atoms with Crippen molar-refractivity contribution in [3.8, 4) is 11.5 Å². The zero-order valence-corrected chi connectivity index (χ0v) is 18.8. The number of nitrogens with one attached hydrogen (secondary N) is 1. The fraction of sp³-hybridized carbons (Fsp3) is 0.375. The van der Waals surface area contributed by atoms with Gasteiger partial charge in [-0.25, -0.2) is 4.39 Å². The van der Waals surface area contributed by atoms with Gasteiger partial charge in [0.05, 0.1) is 5.69 Å². The molecule has 1 aliphatic heterocycles. The SMILES string of the molecule is CN(C)CCNC(=O)CCCN1C(=O)COc2ccc(C(=O)COc3cccc(F)c3)cc21. The summed E-state index contributed by atoms with van der Waals surface area (Å²) < 4.78 is 24.2. The van der Waals surface area contributed by atoms with Crippen molar-refractivity contribution >= 4 is 23.3 Å². The number of hydrogen-bond acceptors (Lipinski definition) is 6.